The van der Waals surface area contributed by atoms with Crippen LogP contribution in [0.4, 0.5) is 5.82 Å². The van der Waals surface area contributed by atoms with Gasteiger partial charge in [0.15, 0.2) is 0 Å². The molecule has 0 amide bonds. The minimum Gasteiger partial charge on any atom is -0.478 e. The molecule has 0 spiro atoms. The second-order valence-corrected chi connectivity index (χ2v) is 4.65. The summed E-state index contributed by atoms with van der Waals surface area (Å²) in [5.74, 6) is -0.489. The number of ether oxygens (including phenoxy) is 1. The fourth-order valence-electron chi connectivity index (χ4n) is 2.27. The average molecular weight is 250 g/mol. The molecule has 1 aliphatic rings. The number of carboxylic acid groups (broad SMARTS) is 1. The summed E-state index contributed by atoms with van der Waals surface area (Å²) in [6.07, 6.45) is 2.91. The third kappa shape index (κ3) is 2.61. The molecule has 0 saturated carbocycles. The zero-order chi connectivity index (χ0) is 13.1. The number of fused-ring (bicyclic) bond motifs is 1. The van der Waals surface area contributed by atoms with Crippen LogP contribution in [0, 0.1) is 0 Å². The Bertz CT molecular complexity index is 460. The smallest absolute Gasteiger partial charge is 0.339 e. The average Bonchev–Trinajstić information content (AvgIpc) is 2.74. The Morgan fingerprint density at radius 3 is 3.06 bits per heavy atom. The lowest BCUT2D eigenvalue weighted by molar-refractivity contribution is 0.0697. The van der Waals surface area contributed by atoms with E-state index in [2.05, 4.69) is 10.3 Å². The van der Waals surface area contributed by atoms with Crippen molar-refractivity contribution in [2.75, 3.05) is 19.0 Å². The zero-order valence-corrected chi connectivity index (χ0v) is 10.7. The van der Waals surface area contributed by atoms with Crippen LogP contribution in [0.2, 0.25) is 0 Å². The van der Waals surface area contributed by atoms with Crippen molar-refractivity contribution >= 4 is 11.8 Å². The van der Waals surface area contributed by atoms with Crippen LogP contribution in [-0.2, 0) is 17.6 Å². The largest absolute Gasteiger partial charge is 0.478 e. The molecule has 0 bridgehead atoms. The number of carbonyl (C=O) groups is 1. The molecule has 1 heterocycles. The van der Waals surface area contributed by atoms with Crippen molar-refractivity contribution in [1.29, 1.82) is 0 Å². The summed E-state index contributed by atoms with van der Waals surface area (Å²) in [6, 6.07) is 1.78. The Hall–Kier alpha value is -1.62. The molecule has 1 unspecified atom stereocenters. The number of nitrogens with one attached hydrogen (secondary N) is 1. The van der Waals surface area contributed by atoms with E-state index in [1.54, 1.807) is 13.2 Å². The number of pyridine rings is 1. The lowest BCUT2D eigenvalue weighted by Crippen LogP contribution is -2.23. The van der Waals surface area contributed by atoms with Crippen molar-refractivity contribution in [1.82, 2.24) is 4.98 Å². The van der Waals surface area contributed by atoms with Gasteiger partial charge in [-0.05, 0) is 37.8 Å². The summed E-state index contributed by atoms with van der Waals surface area (Å²) in [5.41, 5.74) is 2.34. The van der Waals surface area contributed by atoms with Crippen LogP contribution >= 0.6 is 0 Å². The summed E-state index contributed by atoms with van der Waals surface area (Å²) < 4.78 is 5.03. The first-order valence-corrected chi connectivity index (χ1v) is 6.13. The maximum Gasteiger partial charge on any atom is 0.339 e. The third-order valence-corrected chi connectivity index (χ3v) is 3.08. The highest BCUT2D eigenvalue weighted by atomic mass is 16.5. The van der Waals surface area contributed by atoms with E-state index < -0.39 is 5.97 Å². The summed E-state index contributed by atoms with van der Waals surface area (Å²) in [5, 5.41) is 12.3. The van der Waals surface area contributed by atoms with Gasteiger partial charge in [0.2, 0.25) is 0 Å². The lowest BCUT2D eigenvalue weighted by Gasteiger charge is -2.16. The van der Waals surface area contributed by atoms with E-state index >= 15 is 0 Å². The van der Waals surface area contributed by atoms with E-state index in [0.29, 0.717) is 12.4 Å². The molecule has 18 heavy (non-hydrogen) atoms. The molecular weight excluding hydrogens is 232 g/mol. The van der Waals surface area contributed by atoms with Gasteiger partial charge in [0.05, 0.1) is 6.61 Å². The summed E-state index contributed by atoms with van der Waals surface area (Å²) >= 11 is 0. The van der Waals surface area contributed by atoms with Gasteiger partial charge in [-0.1, -0.05) is 0 Å². The highest BCUT2D eigenvalue weighted by Gasteiger charge is 2.20. The van der Waals surface area contributed by atoms with E-state index in [-0.39, 0.29) is 11.6 Å². The SMILES string of the molecule is COCC(C)Nc1nc2c(cc1C(=O)O)CCC2. The van der Waals surface area contributed by atoms with Gasteiger partial charge in [-0.15, -0.1) is 0 Å². The minimum absolute atomic E-state index is 0.0278. The van der Waals surface area contributed by atoms with Gasteiger partial charge >= 0.3 is 5.97 Å². The first-order valence-electron chi connectivity index (χ1n) is 6.13. The number of aromatic nitrogens is 1. The molecule has 0 fully saturated rings. The number of nitrogens with zero attached hydrogens (tertiary/aromatic N) is 1. The van der Waals surface area contributed by atoms with Crippen LogP contribution in [0.5, 0.6) is 0 Å². The zero-order valence-electron chi connectivity index (χ0n) is 10.7. The number of methoxy groups -OCH3 is 1. The van der Waals surface area contributed by atoms with Crippen molar-refractivity contribution < 1.29 is 14.6 Å². The molecule has 5 nitrogen and oxygen atoms in total. The summed E-state index contributed by atoms with van der Waals surface area (Å²) in [4.78, 5) is 15.7. The van der Waals surface area contributed by atoms with Gasteiger partial charge in [-0.25, -0.2) is 9.78 Å². The molecule has 1 aromatic rings. The third-order valence-electron chi connectivity index (χ3n) is 3.08. The molecule has 5 heteroatoms. The second-order valence-electron chi connectivity index (χ2n) is 4.65. The number of aromatic carboxylic acids is 1. The van der Waals surface area contributed by atoms with Gasteiger partial charge in [-0.2, -0.15) is 0 Å². The van der Waals surface area contributed by atoms with Crippen LogP contribution in [0.25, 0.3) is 0 Å². The minimum atomic E-state index is -0.940. The predicted molar refractivity (Wildman–Crippen MR) is 68.2 cm³/mol. The maximum atomic E-state index is 11.2. The van der Waals surface area contributed by atoms with Crippen LogP contribution in [0.3, 0.4) is 0 Å². The standard InChI is InChI=1S/C13H18N2O3/c1-8(7-18-2)14-12-10(13(16)17)6-9-4-3-5-11(9)15-12/h6,8H,3-5,7H2,1-2H3,(H,14,15)(H,16,17). The molecule has 1 aliphatic carbocycles. The van der Waals surface area contributed by atoms with Crippen molar-refractivity contribution in [2.24, 2.45) is 0 Å². The molecule has 0 saturated heterocycles. The van der Waals surface area contributed by atoms with Crippen LogP contribution in [0.1, 0.15) is 35.0 Å². The summed E-state index contributed by atoms with van der Waals surface area (Å²) in [6.45, 7) is 2.45. The van der Waals surface area contributed by atoms with Crippen LogP contribution in [-0.4, -0.2) is 35.8 Å². The Labute approximate surface area is 106 Å². The summed E-state index contributed by atoms with van der Waals surface area (Å²) in [7, 11) is 1.62. The van der Waals surface area contributed by atoms with Crippen molar-refractivity contribution in [2.45, 2.75) is 32.2 Å². The van der Waals surface area contributed by atoms with E-state index in [1.807, 2.05) is 6.92 Å². The Morgan fingerprint density at radius 2 is 2.39 bits per heavy atom. The number of hydrogen-bond donors (Lipinski definition) is 2. The van der Waals surface area contributed by atoms with E-state index in [9.17, 15) is 9.90 Å². The molecule has 0 aromatic carbocycles. The first kappa shape index (κ1) is 12.8. The van der Waals surface area contributed by atoms with Gasteiger partial charge in [0.1, 0.15) is 11.4 Å². The molecule has 0 aliphatic heterocycles. The van der Waals surface area contributed by atoms with Crippen LogP contribution in [0.15, 0.2) is 6.07 Å². The Balaban J connectivity index is 2.29. The predicted octanol–water partition coefficient (Wildman–Crippen LogP) is 1.72. The number of hydrogen-bond acceptors (Lipinski definition) is 4. The van der Waals surface area contributed by atoms with E-state index in [4.69, 9.17) is 4.74 Å². The number of anilines is 1. The molecule has 0 radical (unpaired) electrons. The Morgan fingerprint density at radius 1 is 1.61 bits per heavy atom. The fraction of sp³-hybridized carbons (Fsp3) is 0.538. The number of carboxylic acids is 1. The molecule has 1 atom stereocenters. The highest BCUT2D eigenvalue weighted by Crippen LogP contribution is 2.25. The van der Waals surface area contributed by atoms with Gasteiger partial charge in [-0.3, -0.25) is 0 Å². The van der Waals surface area contributed by atoms with Gasteiger partial charge in [0.25, 0.3) is 0 Å². The molecule has 2 N–H and O–H groups in total. The van der Waals surface area contributed by atoms with Gasteiger partial charge < -0.3 is 15.2 Å². The van der Waals surface area contributed by atoms with E-state index in [1.165, 1.54) is 0 Å². The maximum absolute atomic E-state index is 11.2. The van der Waals surface area contributed by atoms with Crippen molar-refractivity contribution in [3.8, 4) is 0 Å². The number of rotatable bonds is 5. The van der Waals surface area contributed by atoms with Crippen LogP contribution < -0.4 is 5.32 Å². The van der Waals surface area contributed by atoms with Gasteiger partial charge in [0, 0.05) is 18.8 Å². The molecule has 98 valence electrons. The normalized spacial score (nSPS) is 15.2. The lowest BCUT2D eigenvalue weighted by atomic mass is 10.1. The monoisotopic (exact) mass is 250 g/mol. The van der Waals surface area contributed by atoms with Crippen molar-refractivity contribution in [3.05, 3.63) is 22.9 Å². The topological polar surface area (TPSA) is 71.5 Å². The molecular formula is C13H18N2O3. The van der Waals surface area contributed by atoms with E-state index in [0.717, 1.165) is 30.5 Å². The van der Waals surface area contributed by atoms with Crippen molar-refractivity contribution in [3.63, 3.8) is 0 Å². The first-order chi connectivity index (χ1) is 8.61. The molecule has 1 aromatic heterocycles. The Kier molecular flexibility index (Phi) is 3.81. The second kappa shape index (κ2) is 5.35. The number of aryl methyl sites for hydroxylation is 2. The molecule has 2 rings (SSSR count). The highest BCUT2D eigenvalue weighted by molar-refractivity contribution is 5.93. The quantitative estimate of drug-likeness (QED) is 0.832. The fourth-order valence-corrected chi connectivity index (χ4v) is 2.27.